The molecule has 1 aliphatic heterocycles. The zero-order valence-corrected chi connectivity index (χ0v) is 14.7. The quantitative estimate of drug-likeness (QED) is 0.763. The topological polar surface area (TPSA) is 88.2 Å². The van der Waals surface area contributed by atoms with Gasteiger partial charge >= 0.3 is 12.2 Å². The fraction of sp³-hybridized carbons (Fsp3) is 0.688. The lowest BCUT2D eigenvalue weighted by atomic mass is 10.2. The lowest BCUT2D eigenvalue weighted by molar-refractivity contribution is -0.132. The van der Waals surface area contributed by atoms with Gasteiger partial charge in [0.15, 0.2) is 0 Å². The van der Waals surface area contributed by atoms with Gasteiger partial charge in [-0.05, 0) is 20.8 Å². The van der Waals surface area contributed by atoms with Gasteiger partial charge in [0, 0.05) is 39.1 Å². The van der Waals surface area contributed by atoms with E-state index in [2.05, 4.69) is 11.9 Å². The molecule has 1 N–H and O–H groups in total. The molecule has 0 radical (unpaired) electrons. The summed E-state index contributed by atoms with van der Waals surface area (Å²) >= 11 is 0. The highest BCUT2D eigenvalue weighted by molar-refractivity contribution is 5.77. The van der Waals surface area contributed by atoms with Crippen LogP contribution in [0, 0.1) is 0 Å². The molecule has 0 aliphatic carbocycles. The Kier molecular flexibility index (Phi) is 7.54. The van der Waals surface area contributed by atoms with Crippen molar-refractivity contribution in [3.8, 4) is 0 Å². The molecule has 0 bridgehead atoms. The molecule has 8 nitrogen and oxygen atoms in total. The first-order valence-electron chi connectivity index (χ1n) is 8.00. The van der Waals surface area contributed by atoms with Gasteiger partial charge < -0.3 is 24.6 Å². The first-order valence-corrected chi connectivity index (χ1v) is 8.00. The first kappa shape index (κ1) is 19.8. The van der Waals surface area contributed by atoms with E-state index in [1.54, 1.807) is 30.6 Å². The summed E-state index contributed by atoms with van der Waals surface area (Å²) in [6.07, 6.45) is 0.772. The molecule has 0 spiro atoms. The Labute approximate surface area is 142 Å². The van der Waals surface area contributed by atoms with Crippen LogP contribution in [-0.2, 0) is 14.3 Å². The number of hydrogen-bond acceptors (Lipinski definition) is 5. The molecule has 1 saturated heterocycles. The number of rotatable bonds is 5. The van der Waals surface area contributed by atoms with Crippen molar-refractivity contribution in [2.45, 2.75) is 32.8 Å². The van der Waals surface area contributed by atoms with E-state index in [1.807, 2.05) is 0 Å². The zero-order chi connectivity index (χ0) is 18.2. The highest BCUT2D eigenvalue weighted by atomic mass is 16.6. The van der Waals surface area contributed by atoms with Crippen molar-refractivity contribution >= 4 is 18.1 Å². The molecule has 0 saturated carbocycles. The summed E-state index contributed by atoms with van der Waals surface area (Å²) in [5.41, 5.74) is -0.565. The van der Waals surface area contributed by atoms with Gasteiger partial charge in [-0.15, -0.1) is 0 Å². The molecule has 0 unspecified atom stereocenters. The third-order valence-corrected chi connectivity index (χ3v) is 3.22. The fourth-order valence-electron chi connectivity index (χ4n) is 2.10. The van der Waals surface area contributed by atoms with Crippen LogP contribution in [0.15, 0.2) is 12.7 Å². The molecule has 1 heterocycles. The lowest BCUT2D eigenvalue weighted by Gasteiger charge is -2.34. The van der Waals surface area contributed by atoms with Crippen LogP contribution in [0.2, 0.25) is 0 Å². The summed E-state index contributed by atoms with van der Waals surface area (Å²) in [5, 5.41) is 2.56. The Bertz CT molecular complexity index is 465. The highest BCUT2D eigenvalue weighted by Gasteiger charge is 2.24. The van der Waals surface area contributed by atoms with Gasteiger partial charge in [-0.25, -0.2) is 9.59 Å². The summed E-state index contributed by atoms with van der Waals surface area (Å²) in [6, 6.07) is 0. The van der Waals surface area contributed by atoms with Crippen molar-refractivity contribution < 1.29 is 23.9 Å². The van der Waals surface area contributed by atoms with Gasteiger partial charge in [0.1, 0.15) is 12.2 Å². The molecule has 0 atom stereocenters. The minimum atomic E-state index is -0.565. The maximum Gasteiger partial charge on any atom is 0.410 e. The van der Waals surface area contributed by atoms with Gasteiger partial charge in [0.05, 0.1) is 0 Å². The predicted molar refractivity (Wildman–Crippen MR) is 88.6 cm³/mol. The molecule has 1 aliphatic rings. The molecule has 1 rings (SSSR count). The summed E-state index contributed by atoms with van der Waals surface area (Å²) in [7, 11) is 0. The van der Waals surface area contributed by atoms with Crippen LogP contribution in [0.4, 0.5) is 9.59 Å². The van der Waals surface area contributed by atoms with Crippen molar-refractivity contribution in [3.05, 3.63) is 12.7 Å². The molecule has 0 aromatic carbocycles. The maximum atomic E-state index is 12.1. The Morgan fingerprint density at radius 2 is 1.71 bits per heavy atom. The summed E-state index contributed by atoms with van der Waals surface area (Å²) < 4.78 is 10.1. The molecular weight excluding hydrogens is 314 g/mol. The van der Waals surface area contributed by atoms with Crippen molar-refractivity contribution in [1.82, 2.24) is 15.1 Å². The van der Waals surface area contributed by atoms with E-state index in [9.17, 15) is 14.4 Å². The van der Waals surface area contributed by atoms with E-state index < -0.39 is 17.8 Å². The molecule has 0 aromatic rings. The third kappa shape index (κ3) is 7.34. The van der Waals surface area contributed by atoms with E-state index in [0.717, 1.165) is 0 Å². The molecule has 8 heteroatoms. The number of hydrogen-bond donors (Lipinski definition) is 1. The van der Waals surface area contributed by atoms with Gasteiger partial charge in [-0.2, -0.15) is 0 Å². The molecule has 136 valence electrons. The minimum Gasteiger partial charge on any atom is -0.445 e. The average Bonchev–Trinajstić information content (AvgIpc) is 2.50. The highest BCUT2D eigenvalue weighted by Crippen LogP contribution is 2.07. The van der Waals surface area contributed by atoms with E-state index in [1.165, 1.54) is 6.08 Å². The van der Waals surface area contributed by atoms with Crippen LogP contribution in [-0.4, -0.2) is 72.8 Å². The normalized spacial score (nSPS) is 14.8. The summed E-state index contributed by atoms with van der Waals surface area (Å²) in [5.74, 6) is -0.0647. The van der Waals surface area contributed by atoms with Crippen LogP contribution < -0.4 is 5.32 Å². The van der Waals surface area contributed by atoms with Crippen molar-refractivity contribution in [2.24, 2.45) is 0 Å². The van der Waals surface area contributed by atoms with E-state index >= 15 is 0 Å². The smallest absolute Gasteiger partial charge is 0.410 e. The molecule has 0 aromatic heterocycles. The number of carbonyl (C=O) groups excluding carboxylic acids is 3. The Balaban J connectivity index is 2.25. The van der Waals surface area contributed by atoms with Gasteiger partial charge in [0.25, 0.3) is 0 Å². The SMILES string of the molecule is C=CCOC(=O)N1CCN(C(=O)CCNC(=O)OC(C)(C)C)CC1. The standard InChI is InChI=1S/C16H27N3O5/c1-5-12-23-15(22)19-10-8-18(9-11-19)13(20)6-7-17-14(21)24-16(2,3)4/h5H,1,6-12H2,2-4H3,(H,17,21). The summed E-state index contributed by atoms with van der Waals surface area (Å²) in [6.45, 7) is 11.0. The number of nitrogens with zero attached hydrogens (tertiary/aromatic N) is 2. The molecule has 24 heavy (non-hydrogen) atoms. The predicted octanol–water partition coefficient (Wildman–Crippen LogP) is 1.37. The average molecular weight is 341 g/mol. The first-order chi connectivity index (χ1) is 11.2. The van der Waals surface area contributed by atoms with Gasteiger partial charge in [0.2, 0.25) is 5.91 Å². The van der Waals surface area contributed by atoms with Crippen LogP contribution in [0.25, 0.3) is 0 Å². The maximum absolute atomic E-state index is 12.1. The largest absolute Gasteiger partial charge is 0.445 e. The second-order valence-electron chi connectivity index (χ2n) is 6.41. The van der Waals surface area contributed by atoms with Crippen molar-refractivity contribution in [1.29, 1.82) is 0 Å². The fourth-order valence-corrected chi connectivity index (χ4v) is 2.10. The Morgan fingerprint density at radius 1 is 1.12 bits per heavy atom. The number of ether oxygens (including phenoxy) is 2. The number of nitrogens with one attached hydrogen (secondary N) is 1. The number of alkyl carbamates (subject to hydrolysis) is 1. The van der Waals surface area contributed by atoms with Crippen molar-refractivity contribution in [2.75, 3.05) is 39.3 Å². The van der Waals surface area contributed by atoms with Gasteiger partial charge in [-0.3, -0.25) is 4.79 Å². The van der Waals surface area contributed by atoms with Crippen LogP contribution >= 0.6 is 0 Å². The molecule has 3 amide bonds. The number of piperazine rings is 1. The van der Waals surface area contributed by atoms with Crippen LogP contribution in [0.5, 0.6) is 0 Å². The van der Waals surface area contributed by atoms with Crippen LogP contribution in [0.1, 0.15) is 27.2 Å². The Hall–Kier alpha value is -2.25. The van der Waals surface area contributed by atoms with E-state index in [0.29, 0.717) is 26.2 Å². The zero-order valence-electron chi connectivity index (χ0n) is 14.7. The van der Waals surface area contributed by atoms with Crippen molar-refractivity contribution in [3.63, 3.8) is 0 Å². The minimum absolute atomic E-state index is 0.0647. The van der Waals surface area contributed by atoms with Crippen LogP contribution in [0.3, 0.4) is 0 Å². The monoisotopic (exact) mass is 341 g/mol. The number of carbonyl (C=O) groups is 3. The Morgan fingerprint density at radius 3 is 2.25 bits per heavy atom. The lowest BCUT2D eigenvalue weighted by Crippen LogP contribution is -2.51. The van der Waals surface area contributed by atoms with E-state index in [-0.39, 0.29) is 25.5 Å². The molecular formula is C16H27N3O5. The van der Waals surface area contributed by atoms with Gasteiger partial charge in [-0.1, -0.05) is 12.7 Å². The third-order valence-electron chi connectivity index (χ3n) is 3.22. The summed E-state index contributed by atoms with van der Waals surface area (Å²) in [4.78, 5) is 38.5. The number of amides is 3. The second kappa shape index (κ2) is 9.14. The molecule has 1 fully saturated rings. The second-order valence-corrected chi connectivity index (χ2v) is 6.41. The van der Waals surface area contributed by atoms with E-state index in [4.69, 9.17) is 9.47 Å².